The van der Waals surface area contributed by atoms with Gasteiger partial charge in [-0.15, -0.1) is 0 Å². The Kier molecular flexibility index (Phi) is 7.08. The van der Waals surface area contributed by atoms with Gasteiger partial charge < -0.3 is 20.8 Å². The van der Waals surface area contributed by atoms with Crippen molar-refractivity contribution in [1.29, 1.82) is 0 Å². The van der Waals surface area contributed by atoms with Gasteiger partial charge in [0.25, 0.3) is 0 Å². The van der Waals surface area contributed by atoms with E-state index in [-0.39, 0.29) is 18.6 Å². The Morgan fingerprint density at radius 1 is 0.893 bits per heavy atom. The fraction of sp³-hybridized carbons (Fsp3) is 0.250. The number of hydrogen-bond acceptors (Lipinski definition) is 4. The lowest BCUT2D eigenvalue weighted by atomic mass is 10.0. The number of aromatic hydroxyl groups is 1. The van der Waals surface area contributed by atoms with Gasteiger partial charge in [-0.25, -0.2) is 9.18 Å². The first kappa shape index (κ1) is 20.9. The number of phenols is 1. The van der Waals surface area contributed by atoms with Crippen LogP contribution in [0.4, 0.5) is 4.39 Å². The van der Waals surface area contributed by atoms with Crippen molar-refractivity contribution >= 4 is 17.8 Å². The number of amides is 2. The van der Waals surface area contributed by atoms with E-state index in [1.807, 2.05) is 0 Å². The lowest BCUT2D eigenvalue weighted by Crippen LogP contribution is -2.52. The van der Waals surface area contributed by atoms with E-state index in [1.165, 1.54) is 43.3 Å². The number of rotatable bonds is 8. The summed E-state index contributed by atoms with van der Waals surface area (Å²) in [6.07, 6.45) is 0.0853. The Hall–Kier alpha value is -3.42. The number of carbonyl (C=O) groups excluding carboxylic acids is 2. The fourth-order valence-electron chi connectivity index (χ4n) is 2.65. The molecule has 4 N–H and O–H groups in total. The molecule has 0 aliphatic rings. The standard InChI is InChI=1S/C20H21FN2O5/c1-12(24)22-17(10-14-4-8-16(25)9-5-14)19(26)23-18(20(27)28)11-13-2-6-15(21)7-3-13/h2-9,17-18,25H,10-11H2,1H3,(H,22,24)(H,23,26)(H,27,28). The number of carboxylic acid groups (broad SMARTS) is 1. The number of phenolic OH excluding ortho intramolecular Hbond substituents is 1. The third-order valence-electron chi connectivity index (χ3n) is 4.04. The summed E-state index contributed by atoms with van der Waals surface area (Å²) >= 11 is 0. The van der Waals surface area contributed by atoms with E-state index in [2.05, 4.69) is 10.6 Å². The van der Waals surface area contributed by atoms with Gasteiger partial charge in [-0.05, 0) is 35.4 Å². The van der Waals surface area contributed by atoms with Crippen LogP contribution in [0.15, 0.2) is 48.5 Å². The van der Waals surface area contributed by atoms with Gasteiger partial charge in [0.15, 0.2) is 0 Å². The van der Waals surface area contributed by atoms with Crippen molar-refractivity contribution in [3.8, 4) is 5.75 Å². The monoisotopic (exact) mass is 388 g/mol. The van der Waals surface area contributed by atoms with Crippen LogP contribution in [0.1, 0.15) is 18.1 Å². The summed E-state index contributed by atoms with van der Waals surface area (Å²) < 4.78 is 13.0. The molecular weight excluding hydrogens is 367 g/mol. The van der Waals surface area contributed by atoms with E-state index in [0.29, 0.717) is 11.1 Å². The second-order valence-corrected chi connectivity index (χ2v) is 6.35. The molecule has 7 nitrogen and oxygen atoms in total. The number of carboxylic acids is 1. The lowest BCUT2D eigenvalue weighted by Gasteiger charge is -2.21. The topological polar surface area (TPSA) is 116 Å². The predicted octanol–water partition coefficient (Wildman–Crippen LogP) is 1.39. The normalized spacial score (nSPS) is 12.6. The van der Waals surface area contributed by atoms with Crippen LogP contribution in [0.25, 0.3) is 0 Å². The highest BCUT2D eigenvalue weighted by Gasteiger charge is 2.26. The van der Waals surface area contributed by atoms with Crippen LogP contribution in [-0.2, 0) is 27.2 Å². The highest BCUT2D eigenvalue weighted by atomic mass is 19.1. The second kappa shape index (κ2) is 9.50. The molecule has 0 aliphatic carbocycles. The van der Waals surface area contributed by atoms with Gasteiger partial charge in [0, 0.05) is 19.8 Å². The minimum atomic E-state index is -1.25. The summed E-state index contributed by atoms with van der Waals surface area (Å²) in [5, 5.41) is 23.7. The maximum atomic E-state index is 13.0. The zero-order valence-corrected chi connectivity index (χ0v) is 15.2. The number of carbonyl (C=O) groups is 3. The molecule has 2 aromatic carbocycles. The number of benzene rings is 2. The first-order valence-electron chi connectivity index (χ1n) is 8.57. The van der Waals surface area contributed by atoms with Crippen molar-refractivity contribution in [3.05, 3.63) is 65.5 Å². The zero-order chi connectivity index (χ0) is 20.7. The summed E-state index contributed by atoms with van der Waals surface area (Å²) in [5.41, 5.74) is 1.22. The molecule has 2 aromatic rings. The summed E-state index contributed by atoms with van der Waals surface area (Å²) in [4.78, 5) is 35.6. The molecule has 0 saturated carbocycles. The highest BCUT2D eigenvalue weighted by Crippen LogP contribution is 2.12. The second-order valence-electron chi connectivity index (χ2n) is 6.35. The minimum absolute atomic E-state index is 0.0344. The Balaban J connectivity index is 2.11. The maximum absolute atomic E-state index is 13.0. The van der Waals surface area contributed by atoms with Crippen molar-refractivity contribution in [1.82, 2.24) is 10.6 Å². The average Bonchev–Trinajstić information content (AvgIpc) is 2.63. The summed E-state index contributed by atoms with van der Waals surface area (Å²) in [7, 11) is 0. The van der Waals surface area contributed by atoms with Crippen molar-refractivity contribution in [2.45, 2.75) is 31.8 Å². The Labute approximate surface area is 161 Å². The van der Waals surface area contributed by atoms with E-state index >= 15 is 0 Å². The molecule has 2 amide bonds. The van der Waals surface area contributed by atoms with E-state index in [4.69, 9.17) is 0 Å². The van der Waals surface area contributed by atoms with E-state index in [0.717, 1.165) is 0 Å². The van der Waals surface area contributed by atoms with Crippen molar-refractivity contribution in [2.75, 3.05) is 0 Å². The molecule has 148 valence electrons. The largest absolute Gasteiger partial charge is 0.508 e. The van der Waals surface area contributed by atoms with Crippen LogP contribution in [-0.4, -0.2) is 40.1 Å². The van der Waals surface area contributed by atoms with Gasteiger partial charge >= 0.3 is 5.97 Å². The van der Waals surface area contributed by atoms with Crippen LogP contribution in [0.3, 0.4) is 0 Å². The number of hydrogen-bond donors (Lipinski definition) is 4. The average molecular weight is 388 g/mol. The molecular formula is C20H21FN2O5. The zero-order valence-electron chi connectivity index (χ0n) is 15.2. The van der Waals surface area contributed by atoms with Crippen molar-refractivity contribution in [3.63, 3.8) is 0 Å². The highest BCUT2D eigenvalue weighted by molar-refractivity contribution is 5.90. The molecule has 8 heteroatoms. The van der Waals surface area contributed by atoms with Crippen LogP contribution < -0.4 is 10.6 Å². The molecule has 0 spiro atoms. The SMILES string of the molecule is CC(=O)NC(Cc1ccc(O)cc1)C(=O)NC(Cc1ccc(F)cc1)C(=O)O. The van der Waals surface area contributed by atoms with E-state index < -0.39 is 35.7 Å². The third-order valence-corrected chi connectivity index (χ3v) is 4.04. The van der Waals surface area contributed by atoms with Crippen molar-refractivity contribution in [2.24, 2.45) is 0 Å². The van der Waals surface area contributed by atoms with Gasteiger partial charge in [-0.1, -0.05) is 24.3 Å². The Morgan fingerprint density at radius 2 is 1.39 bits per heavy atom. The quantitative estimate of drug-likeness (QED) is 0.545. The van der Waals surface area contributed by atoms with E-state index in [1.54, 1.807) is 12.1 Å². The van der Waals surface area contributed by atoms with Gasteiger partial charge in [-0.2, -0.15) is 0 Å². The molecule has 28 heavy (non-hydrogen) atoms. The third kappa shape index (κ3) is 6.39. The van der Waals surface area contributed by atoms with Gasteiger partial charge in [0.1, 0.15) is 23.7 Å². The number of halogens is 1. The summed E-state index contributed by atoms with van der Waals surface area (Å²) in [5.74, 6) is -2.72. The minimum Gasteiger partial charge on any atom is -0.508 e. The van der Waals surface area contributed by atoms with Crippen molar-refractivity contribution < 1.29 is 29.0 Å². The van der Waals surface area contributed by atoms with Gasteiger partial charge in [0.05, 0.1) is 0 Å². The van der Waals surface area contributed by atoms with E-state index in [9.17, 15) is 29.0 Å². The molecule has 2 atom stereocenters. The first-order valence-corrected chi connectivity index (χ1v) is 8.57. The molecule has 0 heterocycles. The Morgan fingerprint density at radius 3 is 1.89 bits per heavy atom. The number of aliphatic carboxylic acids is 1. The molecule has 0 aliphatic heterocycles. The molecule has 2 unspecified atom stereocenters. The molecule has 0 aromatic heterocycles. The molecule has 0 fully saturated rings. The molecule has 0 radical (unpaired) electrons. The fourth-order valence-corrected chi connectivity index (χ4v) is 2.65. The van der Waals surface area contributed by atoms with Gasteiger partial charge in [-0.3, -0.25) is 9.59 Å². The molecule has 0 saturated heterocycles. The molecule has 0 bridgehead atoms. The predicted molar refractivity (Wildman–Crippen MR) is 99.1 cm³/mol. The maximum Gasteiger partial charge on any atom is 0.326 e. The smallest absolute Gasteiger partial charge is 0.326 e. The molecule has 2 rings (SSSR count). The van der Waals surface area contributed by atoms with Crippen LogP contribution in [0, 0.1) is 5.82 Å². The first-order chi connectivity index (χ1) is 13.2. The van der Waals surface area contributed by atoms with Crippen LogP contribution in [0.2, 0.25) is 0 Å². The summed E-state index contributed by atoms with van der Waals surface area (Å²) in [6.45, 7) is 1.25. The lowest BCUT2D eigenvalue weighted by molar-refractivity contribution is -0.142. The number of nitrogens with one attached hydrogen (secondary N) is 2. The summed E-state index contributed by atoms with van der Waals surface area (Å²) in [6, 6.07) is 9.18. The van der Waals surface area contributed by atoms with Crippen LogP contribution >= 0.6 is 0 Å². The van der Waals surface area contributed by atoms with Gasteiger partial charge in [0.2, 0.25) is 11.8 Å². The Bertz CT molecular complexity index is 837. The van der Waals surface area contributed by atoms with Crippen LogP contribution in [0.5, 0.6) is 5.75 Å².